The number of allylic oxidation sites excluding steroid dienone is 2. The van der Waals surface area contributed by atoms with E-state index in [0.717, 1.165) is 23.2 Å². The molecule has 1 heterocycles. The average Bonchev–Trinajstić information content (AvgIpc) is 3.07. The van der Waals surface area contributed by atoms with Gasteiger partial charge >= 0.3 is 0 Å². The quantitative estimate of drug-likeness (QED) is 0.586. The fourth-order valence-electron chi connectivity index (χ4n) is 4.51. The van der Waals surface area contributed by atoms with Crippen LogP contribution in [0.3, 0.4) is 0 Å². The molecule has 0 radical (unpaired) electrons. The number of imide groups is 1. The molecule has 2 fully saturated rings. The number of aryl methyl sites for hydroxylation is 1. The normalized spacial score (nSPS) is 36.7. The highest BCUT2D eigenvalue weighted by molar-refractivity contribution is 6.24. The van der Waals surface area contributed by atoms with Crippen LogP contribution in [0.5, 0.6) is 0 Å². The van der Waals surface area contributed by atoms with Crippen LogP contribution in [-0.2, 0) is 9.59 Å². The standard InChI is InChI=1S/C18H19NO2/c1-10-5-4-6-14(11(10)2)19-16(20)15-12-7-8-13(9-12)18(15,3)17(19)21/h4-8,12-13,15H,9H2,1-3H3/t12-,13+,15-,18-/m1/s1. The Morgan fingerprint density at radius 1 is 1.19 bits per heavy atom. The molecule has 2 amide bonds. The van der Waals surface area contributed by atoms with Gasteiger partial charge in [0.2, 0.25) is 11.8 Å². The van der Waals surface area contributed by atoms with Crippen LogP contribution >= 0.6 is 0 Å². The van der Waals surface area contributed by atoms with Crippen LogP contribution in [0.25, 0.3) is 0 Å². The van der Waals surface area contributed by atoms with E-state index in [-0.39, 0.29) is 29.6 Å². The zero-order valence-corrected chi connectivity index (χ0v) is 12.6. The fourth-order valence-corrected chi connectivity index (χ4v) is 4.51. The van der Waals surface area contributed by atoms with Crippen molar-refractivity contribution in [1.29, 1.82) is 0 Å². The SMILES string of the molecule is Cc1cccc(N2C(=O)[C@H]3[C@@H]4C=C[C@@H](C4)[C@@]3(C)C2=O)c1C. The Balaban J connectivity index is 1.85. The molecule has 1 saturated carbocycles. The van der Waals surface area contributed by atoms with Crippen molar-refractivity contribution in [3.05, 3.63) is 41.5 Å². The van der Waals surface area contributed by atoms with E-state index in [1.54, 1.807) is 0 Å². The molecule has 3 heteroatoms. The molecule has 3 nitrogen and oxygen atoms in total. The topological polar surface area (TPSA) is 37.4 Å². The van der Waals surface area contributed by atoms with Gasteiger partial charge in [-0.1, -0.05) is 24.3 Å². The lowest BCUT2D eigenvalue weighted by molar-refractivity contribution is -0.127. The maximum Gasteiger partial charge on any atom is 0.241 e. The molecule has 21 heavy (non-hydrogen) atoms. The van der Waals surface area contributed by atoms with Crippen LogP contribution in [-0.4, -0.2) is 11.8 Å². The third-order valence-electron chi connectivity index (χ3n) is 5.93. The molecule has 0 spiro atoms. The highest BCUT2D eigenvalue weighted by Gasteiger charge is 2.67. The van der Waals surface area contributed by atoms with E-state index in [1.807, 2.05) is 39.0 Å². The van der Waals surface area contributed by atoms with E-state index in [2.05, 4.69) is 12.2 Å². The van der Waals surface area contributed by atoms with Crippen LogP contribution in [0.2, 0.25) is 0 Å². The van der Waals surface area contributed by atoms with Crippen molar-refractivity contribution < 1.29 is 9.59 Å². The molecule has 1 saturated heterocycles. The lowest BCUT2D eigenvalue weighted by Crippen LogP contribution is -2.37. The molecule has 1 aliphatic heterocycles. The number of fused-ring (bicyclic) bond motifs is 5. The van der Waals surface area contributed by atoms with Crippen LogP contribution in [0.4, 0.5) is 5.69 Å². The van der Waals surface area contributed by atoms with Crippen LogP contribution in [0, 0.1) is 37.0 Å². The van der Waals surface area contributed by atoms with Gasteiger partial charge in [-0.05, 0) is 56.2 Å². The summed E-state index contributed by atoms with van der Waals surface area (Å²) < 4.78 is 0. The van der Waals surface area contributed by atoms with Crippen LogP contribution in [0.1, 0.15) is 24.5 Å². The lowest BCUT2D eigenvalue weighted by Gasteiger charge is -2.28. The third kappa shape index (κ3) is 1.34. The molecule has 0 unspecified atom stereocenters. The maximum absolute atomic E-state index is 13.0. The minimum Gasteiger partial charge on any atom is -0.274 e. The number of hydrogen-bond acceptors (Lipinski definition) is 2. The Labute approximate surface area is 124 Å². The molecule has 2 aliphatic carbocycles. The van der Waals surface area contributed by atoms with Crippen molar-refractivity contribution >= 4 is 17.5 Å². The van der Waals surface area contributed by atoms with Crippen molar-refractivity contribution in [2.45, 2.75) is 27.2 Å². The Kier molecular flexibility index (Phi) is 2.35. The third-order valence-corrected chi connectivity index (χ3v) is 5.93. The minimum atomic E-state index is -0.535. The molecule has 1 aromatic carbocycles. The summed E-state index contributed by atoms with van der Waals surface area (Å²) in [5.41, 5.74) is 2.35. The molecule has 0 N–H and O–H groups in total. The first-order chi connectivity index (χ1) is 9.96. The molecule has 1 aromatic rings. The zero-order chi connectivity index (χ0) is 14.9. The first-order valence-electron chi connectivity index (χ1n) is 7.59. The number of carbonyl (C=O) groups excluding carboxylic acids is 2. The maximum atomic E-state index is 13.0. The van der Waals surface area contributed by atoms with E-state index >= 15 is 0 Å². The number of amides is 2. The van der Waals surface area contributed by atoms with Gasteiger partial charge in [0.15, 0.2) is 0 Å². The molecule has 4 rings (SSSR count). The number of anilines is 1. The summed E-state index contributed by atoms with van der Waals surface area (Å²) in [6.45, 7) is 5.98. The summed E-state index contributed by atoms with van der Waals surface area (Å²) in [5.74, 6) is 0.279. The van der Waals surface area contributed by atoms with E-state index in [4.69, 9.17) is 0 Å². The Hall–Kier alpha value is -1.90. The molecule has 3 aliphatic rings. The van der Waals surface area contributed by atoms with E-state index < -0.39 is 5.41 Å². The van der Waals surface area contributed by atoms with Gasteiger partial charge in [-0.3, -0.25) is 9.59 Å². The molecule has 4 atom stereocenters. The average molecular weight is 281 g/mol. The van der Waals surface area contributed by atoms with Crippen molar-refractivity contribution in [2.75, 3.05) is 4.90 Å². The van der Waals surface area contributed by atoms with Crippen molar-refractivity contribution in [3.8, 4) is 0 Å². The molecular formula is C18H19NO2. The summed E-state index contributed by atoms with van der Waals surface area (Å²) in [7, 11) is 0. The minimum absolute atomic E-state index is 0.00644. The predicted molar refractivity (Wildman–Crippen MR) is 80.7 cm³/mol. The van der Waals surface area contributed by atoms with Gasteiger partial charge in [-0.15, -0.1) is 0 Å². The fraction of sp³-hybridized carbons (Fsp3) is 0.444. The second-order valence-corrected chi connectivity index (χ2v) is 6.85. The molecule has 2 bridgehead atoms. The van der Waals surface area contributed by atoms with Crippen molar-refractivity contribution in [1.82, 2.24) is 0 Å². The number of hydrogen-bond donors (Lipinski definition) is 0. The molecular weight excluding hydrogens is 262 g/mol. The Morgan fingerprint density at radius 2 is 1.95 bits per heavy atom. The second kappa shape index (κ2) is 3.85. The monoisotopic (exact) mass is 281 g/mol. The van der Waals surface area contributed by atoms with Crippen molar-refractivity contribution in [3.63, 3.8) is 0 Å². The highest BCUT2D eigenvalue weighted by Crippen LogP contribution is 2.61. The molecule has 108 valence electrons. The van der Waals surface area contributed by atoms with Gasteiger partial charge in [0.25, 0.3) is 0 Å². The number of rotatable bonds is 1. The number of nitrogens with zero attached hydrogens (tertiary/aromatic N) is 1. The Bertz CT molecular complexity index is 705. The van der Waals surface area contributed by atoms with E-state index in [0.29, 0.717) is 0 Å². The first kappa shape index (κ1) is 12.8. The lowest BCUT2D eigenvalue weighted by atomic mass is 9.71. The van der Waals surface area contributed by atoms with E-state index in [1.165, 1.54) is 4.90 Å². The summed E-state index contributed by atoms with van der Waals surface area (Å²) in [6, 6.07) is 5.82. The van der Waals surface area contributed by atoms with Crippen LogP contribution < -0.4 is 4.90 Å². The van der Waals surface area contributed by atoms with Gasteiger partial charge in [0.05, 0.1) is 17.0 Å². The van der Waals surface area contributed by atoms with Crippen LogP contribution in [0.15, 0.2) is 30.4 Å². The van der Waals surface area contributed by atoms with Gasteiger partial charge in [0, 0.05) is 0 Å². The number of carbonyl (C=O) groups is 2. The predicted octanol–water partition coefficient (Wildman–Crippen LogP) is 3.01. The Morgan fingerprint density at radius 3 is 2.67 bits per heavy atom. The largest absolute Gasteiger partial charge is 0.274 e. The summed E-state index contributed by atoms with van der Waals surface area (Å²) >= 11 is 0. The van der Waals surface area contributed by atoms with Gasteiger partial charge in [0.1, 0.15) is 0 Å². The van der Waals surface area contributed by atoms with Crippen molar-refractivity contribution in [2.24, 2.45) is 23.2 Å². The summed E-state index contributed by atoms with van der Waals surface area (Å²) in [4.78, 5) is 27.4. The van der Waals surface area contributed by atoms with Gasteiger partial charge in [-0.2, -0.15) is 0 Å². The van der Waals surface area contributed by atoms with Gasteiger partial charge in [-0.25, -0.2) is 4.90 Å². The number of benzene rings is 1. The molecule has 0 aromatic heterocycles. The van der Waals surface area contributed by atoms with E-state index in [9.17, 15) is 9.59 Å². The smallest absolute Gasteiger partial charge is 0.241 e. The van der Waals surface area contributed by atoms with Gasteiger partial charge < -0.3 is 0 Å². The first-order valence-corrected chi connectivity index (χ1v) is 7.59. The zero-order valence-electron chi connectivity index (χ0n) is 12.6. The summed E-state index contributed by atoms with van der Waals surface area (Å²) in [5, 5.41) is 0. The second-order valence-electron chi connectivity index (χ2n) is 6.85. The highest BCUT2D eigenvalue weighted by atomic mass is 16.2. The summed E-state index contributed by atoms with van der Waals surface area (Å²) in [6.07, 6.45) is 5.23.